The van der Waals surface area contributed by atoms with Gasteiger partial charge in [0, 0.05) is 13.6 Å². The first-order valence-electron chi connectivity index (χ1n) is 4.76. The Balaban J connectivity index is 2.73. The highest BCUT2D eigenvalue weighted by atomic mass is 16.3. The van der Waals surface area contributed by atoms with Gasteiger partial charge < -0.3 is 10.0 Å². The summed E-state index contributed by atoms with van der Waals surface area (Å²) in [7, 11) is 1.83. The predicted molar refractivity (Wildman–Crippen MR) is 56.3 cm³/mol. The molecule has 1 heterocycles. The van der Waals surface area contributed by atoms with Crippen LogP contribution in [0.3, 0.4) is 0 Å². The second kappa shape index (κ2) is 5.27. The molecule has 0 aromatic carbocycles. The fourth-order valence-corrected chi connectivity index (χ4v) is 1.18. The van der Waals surface area contributed by atoms with Gasteiger partial charge in [-0.15, -0.1) is 5.10 Å². The molecule has 0 saturated carbocycles. The van der Waals surface area contributed by atoms with Crippen molar-refractivity contribution < 1.29 is 5.11 Å². The molecule has 1 atom stereocenters. The smallest absolute Gasteiger partial charge is 0.168 e. The summed E-state index contributed by atoms with van der Waals surface area (Å²) in [5.41, 5.74) is 0.498. The molecule has 1 aromatic heterocycles. The lowest BCUT2D eigenvalue weighted by molar-refractivity contribution is 0.187. The van der Waals surface area contributed by atoms with E-state index in [0.29, 0.717) is 24.3 Å². The van der Waals surface area contributed by atoms with E-state index in [1.165, 1.54) is 6.20 Å². The number of rotatable bonds is 4. The van der Waals surface area contributed by atoms with Gasteiger partial charge in [0.25, 0.3) is 0 Å². The van der Waals surface area contributed by atoms with E-state index in [1.807, 2.05) is 11.9 Å². The summed E-state index contributed by atoms with van der Waals surface area (Å²) in [5, 5.41) is 25.6. The molecule has 80 valence electrons. The quantitative estimate of drug-likeness (QED) is 0.779. The average molecular weight is 206 g/mol. The van der Waals surface area contributed by atoms with Gasteiger partial charge in [-0.1, -0.05) is 0 Å². The van der Waals surface area contributed by atoms with Crippen molar-refractivity contribution in [1.29, 1.82) is 5.26 Å². The van der Waals surface area contributed by atoms with Crippen LogP contribution in [0.1, 0.15) is 18.9 Å². The van der Waals surface area contributed by atoms with Crippen LogP contribution in [0.25, 0.3) is 0 Å². The molecule has 0 radical (unpaired) electrons. The van der Waals surface area contributed by atoms with Crippen molar-refractivity contribution in [1.82, 2.24) is 10.2 Å². The maximum absolute atomic E-state index is 9.15. The molecule has 0 bridgehead atoms. The van der Waals surface area contributed by atoms with Crippen molar-refractivity contribution in [3.05, 3.63) is 17.8 Å². The van der Waals surface area contributed by atoms with E-state index in [9.17, 15) is 0 Å². The first-order valence-corrected chi connectivity index (χ1v) is 4.76. The average Bonchev–Trinajstić information content (AvgIpc) is 2.25. The number of nitrogens with zero attached hydrogens (tertiary/aromatic N) is 4. The predicted octanol–water partition coefficient (Wildman–Crippen LogP) is 0.555. The summed E-state index contributed by atoms with van der Waals surface area (Å²) in [6, 6.07) is 3.68. The summed E-state index contributed by atoms with van der Waals surface area (Å²) in [5.74, 6) is 0.556. The molecule has 1 unspecified atom stereocenters. The third-order valence-corrected chi connectivity index (χ3v) is 2.07. The van der Waals surface area contributed by atoms with E-state index in [4.69, 9.17) is 10.4 Å². The largest absolute Gasteiger partial charge is 0.393 e. The third-order valence-electron chi connectivity index (χ3n) is 2.07. The van der Waals surface area contributed by atoms with Gasteiger partial charge in [-0.05, 0) is 19.4 Å². The Hall–Kier alpha value is -1.67. The Kier molecular flexibility index (Phi) is 4.01. The molecule has 0 aliphatic heterocycles. The highest BCUT2D eigenvalue weighted by Gasteiger charge is 2.09. The molecule has 0 spiro atoms. The Labute approximate surface area is 89.0 Å². The Morgan fingerprint density at radius 3 is 3.00 bits per heavy atom. The van der Waals surface area contributed by atoms with E-state index in [1.54, 1.807) is 13.0 Å². The highest BCUT2D eigenvalue weighted by Crippen LogP contribution is 2.13. The van der Waals surface area contributed by atoms with Crippen molar-refractivity contribution in [2.24, 2.45) is 0 Å². The van der Waals surface area contributed by atoms with Crippen molar-refractivity contribution in [3.8, 4) is 6.07 Å². The Bertz CT molecular complexity index is 359. The lowest BCUT2D eigenvalue weighted by atomic mass is 10.2. The number of hydrogen-bond donors (Lipinski definition) is 1. The topological polar surface area (TPSA) is 73.0 Å². The summed E-state index contributed by atoms with van der Waals surface area (Å²) in [4.78, 5) is 1.82. The van der Waals surface area contributed by atoms with E-state index in [0.717, 1.165) is 0 Å². The fourth-order valence-electron chi connectivity index (χ4n) is 1.18. The zero-order chi connectivity index (χ0) is 11.3. The van der Waals surface area contributed by atoms with Crippen LogP contribution >= 0.6 is 0 Å². The van der Waals surface area contributed by atoms with Gasteiger partial charge >= 0.3 is 0 Å². The SMILES string of the molecule is CC(O)CCN(C)c1nnccc1C#N. The van der Waals surface area contributed by atoms with Crippen LogP contribution in [-0.2, 0) is 0 Å². The summed E-state index contributed by atoms with van der Waals surface area (Å²) >= 11 is 0. The molecular formula is C10H14N4O. The number of anilines is 1. The Morgan fingerprint density at radius 1 is 1.67 bits per heavy atom. The van der Waals surface area contributed by atoms with Crippen LogP contribution in [0.2, 0.25) is 0 Å². The Morgan fingerprint density at radius 2 is 2.40 bits per heavy atom. The molecule has 0 aliphatic rings. The van der Waals surface area contributed by atoms with Crippen LogP contribution in [0.5, 0.6) is 0 Å². The normalized spacial score (nSPS) is 11.9. The van der Waals surface area contributed by atoms with Gasteiger partial charge in [-0.25, -0.2) is 0 Å². The number of aromatic nitrogens is 2. The summed E-state index contributed by atoms with van der Waals surface area (Å²) in [6.45, 7) is 2.38. The molecule has 0 amide bonds. The van der Waals surface area contributed by atoms with E-state index in [-0.39, 0.29) is 6.10 Å². The third kappa shape index (κ3) is 3.18. The van der Waals surface area contributed by atoms with E-state index >= 15 is 0 Å². The minimum Gasteiger partial charge on any atom is -0.393 e. The lowest BCUT2D eigenvalue weighted by Crippen LogP contribution is -2.23. The first-order chi connectivity index (χ1) is 7.15. The zero-order valence-corrected chi connectivity index (χ0v) is 8.88. The van der Waals surface area contributed by atoms with Crippen LogP contribution in [0.4, 0.5) is 5.82 Å². The molecule has 0 aliphatic carbocycles. The maximum atomic E-state index is 9.15. The molecule has 1 aromatic rings. The van der Waals surface area contributed by atoms with Gasteiger partial charge in [0.15, 0.2) is 5.82 Å². The second-order valence-corrected chi connectivity index (χ2v) is 3.44. The molecule has 0 fully saturated rings. The van der Waals surface area contributed by atoms with Gasteiger partial charge in [-0.2, -0.15) is 10.4 Å². The molecule has 15 heavy (non-hydrogen) atoms. The molecule has 1 rings (SSSR count). The minimum atomic E-state index is -0.352. The van der Waals surface area contributed by atoms with Crippen LogP contribution in [-0.4, -0.2) is 35.0 Å². The number of aliphatic hydroxyl groups excluding tert-OH is 1. The van der Waals surface area contributed by atoms with Crippen LogP contribution in [0.15, 0.2) is 12.3 Å². The minimum absolute atomic E-state index is 0.352. The van der Waals surface area contributed by atoms with Gasteiger partial charge in [0.1, 0.15) is 6.07 Å². The van der Waals surface area contributed by atoms with Crippen LogP contribution in [0, 0.1) is 11.3 Å². The van der Waals surface area contributed by atoms with Gasteiger partial charge in [0.05, 0.1) is 17.9 Å². The van der Waals surface area contributed by atoms with Crippen molar-refractivity contribution in [2.45, 2.75) is 19.4 Å². The number of nitriles is 1. The molecule has 1 N–H and O–H groups in total. The zero-order valence-electron chi connectivity index (χ0n) is 8.88. The van der Waals surface area contributed by atoms with Crippen molar-refractivity contribution in [2.75, 3.05) is 18.5 Å². The van der Waals surface area contributed by atoms with Gasteiger partial charge in [-0.3, -0.25) is 0 Å². The summed E-state index contributed by atoms with van der Waals surface area (Å²) < 4.78 is 0. The van der Waals surface area contributed by atoms with Crippen molar-refractivity contribution in [3.63, 3.8) is 0 Å². The molecule has 5 nitrogen and oxygen atoms in total. The standard InChI is InChI=1S/C10H14N4O/c1-8(15)4-6-14(2)10-9(7-11)3-5-12-13-10/h3,5,8,15H,4,6H2,1-2H3. The number of aliphatic hydroxyl groups is 1. The first kappa shape index (κ1) is 11.4. The second-order valence-electron chi connectivity index (χ2n) is 3.44. The number of hydrogen-bond acceptors (Lipinski definition) is 5. The molecular weight excluding hydrogens is 192 g/mol. The highest BCUT2D eigenvalue weighted by molar-refractivity contribution is 5.51. The van der Waals surface area contributed by atoms with Crippen molar-refractivity contribution >= 4 is 5.82 Å². The van der Waals surface area contributed by atoms with E-state index in [2.05, 4.69) is 16.3 Å². The molecule has 5 heteroatoms. The lowest BCUT2D eigenvalue weighted by Gasteiger charge is -2.18. The maximum Gasteiger partial charge on any atom is 0.168 e. The van der Waals surface area contributed by atoms with Crippen LogP contribution < -0.4 is 4.90 Å². The fraction of sp³-hybridized carbons (Fsp3) is 0.500. The van der Waals surface area contributed by atoms with Gasteiger partial charge in [0.2, 0.25) is 0 Å². The summed E-state index contributed by atoms with van der Waals surface area (Å²) in [6.07, 6.45) is 1.78. The monoisotopic (exact) mass is 206 g/mol. The van der Waals surface area contributed by atoms with E-state index < -0.39 is 0 Å². The molecule has 0 saturated heterocycles.